The van der Waals surface area contributed by atoms with Crippen LogP contribution in [-0.2, 0) is 9.47 Å². The molecular weight excluding hydrogens is 226 g/mol. The Morgan fingerprint density at radius 1 is 1.39 bits per heavy atom. The highest BCUT2D eigenvalue weighted by molar-refractivity contribution is 5.20. The third kappa shape index (κ3) is 2.18. The Bertz CT molecular complexity index is 395. The molecule has 2 aliphatic heterocycles. The summed E-state index contributed by atoms with van der Waals surface area (Å²) in [5, 5.41) is 0. The molecule has 0 radical (unpaired) electrons. The molecule has 1 aromatic rings. The molecule has 98 valence electrons. The van der Waals surface area contributed by atoms with E-state index in [0.717, 1.165) is 19.6 Å². The van der Waals surface area contributed by atoms with Crippen LogP contribution in [0, 0.1) is 0 Å². The zero-order chi connectivity index (χ0) is 12.5. The summed E-state index contributed by atoms with van der Waals surface area (Å²) < 4.78 is 11.1. The van der Waals surface area contributed by atoms with E-state index in [2.05, 4.69) is 42.2 Å². The minimum absolute atomic E-state index is 0.344. The van der Waals surface area contributed by atoms with Gasteiger partial charge in [-0.1, -0.05) is 30.3 Å². The van der Waals surface area contributed by atoms with E-state index in [-0.39, 0.29) is 0 Å². The third-order valence-electron chi connectivity index (χ3n) is 4.20. The first-order valence-electron chi connectivity index (χ1n) is 6.76. The van der Waals surface area contributed by atoms with Crippen molar-refractivity contribution in [3.63, 3.8) is 0 Å². The smallest absolute Gasteiger partial charge is 0.0994 e. The second kappa shape index (κ2) is 5.00. The van der Waals surface area contributed by atoms with Crippen molar-refractivity contribution < 1.29 is 9.47 Å². The van der Waals surface area contributed by atoms with Crippen molar-refractivity contribution in [2.45, 2.75) is 37.6 Å². The largest absolute Gasteiger partial charge is 0.383 e. The standard InChI is InChI=1S/C15H21NO2/c1-11-15-14(18-15)8-9-16(11)13(10-17-2)12-6-4-3-5-7-12/h3-7,11,13-15H,8-10H2,1-2H3/t11-,13-,14-,15+/m0/s1. The van der Waals surface area contributed by atoms with Crippen LogP contribution in [0.4, 0.5) is 0 Å². The van der Waals surface area contributed by atoms with Gasteiger partial charge in [-0.2, -0.15) is 0 Å². The Balaban J connectivity index is 1.80. The van der Waals surface area contributed by atoms with Crippen molar-refractivity contribution >= 4 is 0 Å². The first-order chi connectivity index (χ1) is 8.81. The average molecular weight is 247 g/mol. The Labute approximate surface area is 109 Å². The number of rotatable bonds is 4. The normalized spacial score (nSPS) is 32.9. The lowest BCUT2D eigenvalue weighted by molar-refractivity contribution is 0.0514. The minimum Gasteiger partial charge on any atom is -0.383 e. The molecule has 2 aliphatic rings. The van der Waals surface area contributed by atoms with E-state index in [1.165, 1.54) is 5.56 Å². The van der Waals surface area contributed by atoms with Gasteiger partial charge in [-0.15, -0.1) is 0 Å². The highest BCUT2D eigenvalue weighted by atomic mass is 16.6. The Kier molecular flexibility index (Phi) is 3.37. The molecule has 2 saturated heterocycles. The van der Waals surface area contributed by atoms with Crippen molar-refractivity contribution in [2.24, 2.45) is 0 Å². The average Bonchev–Trinajstić information content (AvgIpc) is 3.19. The van der Waals surface area contributed by atoms with Crippen LogP contribution in [0.2, 0.25) is 0 Å². The van der Waals surface area contributed by atoms with Crippen LogP contribution in [0.5, 0.6) is 0 Å². The number of hydrogen-bond donors (Lipinski definition) is 0. The molecular formula is C15H21NO2. The van der Waals surface area contributed by atoms with Gasteiger partial charge in [0.25, 0.3) is 0 Å². The van der Waals surface area contributed by atoms with Crippen molar-refractivity contribution in [3.05, 3.63) is 35.9 Å². The predicted molar refractivity (Wildman–Crippen MR) is 70.5 cm³/mol. The Morgan fingerprint density at radius 3 is 2.89 bits per heavy atom. The Hall–Kier alpha value is -0.900. The van der Waals surface area contributed by atoms with Crippen LogP contribution < -0.4 is 0 Å². The van der Waals surface area contributed by atoms with Gasteiger partial charge >= 0.3 is 0 Å². The van der Waals surface area contributed by atoms with E-state index < -0.39 is 0 Å². The molecule has 3 heteroatoms. The van der Waals surface area contributed by atoms with E-state index >= 15 is 0 Å². The van der Waals surface area contributed by atoms with Gasteiger partial charge in [0.15, 0.2) is 0 Å². The third-order valence-corrected chi connectivity index (χ3v) is 4.20. The van der Waals surface area contributed by atoms with Gasteiger partial charge in [-0.05, 0) is 18.9 Å². The molecule has 0 unspecified atom stereocenters. The number of likely N-dealkylation sites (tertiary alicyclic amines) is 1. The molecule has 0 saturated carbocycles. The fourth-order valence-electron chi connectivity index (χ4n) is 3.14. The summed E-state index contributed by atoms with van der Waals surface area (Å²) in [6.45, 7) is 4.12. The number of benzene rings is 1. The second-order valence-electron chi connectivity index (χ2n) is 5.29. The fraction of sp³-hybridized carbons (Fsp3) is 0.600. The highest BCUT2D eigenvalue weighted by Crippen LogP contribution is 2.39. The molecule has 0 spiro atoms. The number of piperidine rings is 1. The number of nitrogens with zero attached hydrogens (tertiary/aromatic N) is 1. The number of fused-ring (bicyclic) bond motifs is 1. The quantitative estimate of drug-likeness (QED) is 0.763. The summed E-state index contributed by atoms with van der Waals surface area (Å²) in [6, 6.07) is 11.5. The summed E-state index contributed by atoms with van der Waals surface area (Å²) in [5.41, 5.74) is 1.34. The first-order valence-corrected chi connectivity index (χ1v) is 6.76. The molecule has 0 aromatic heterocycles. The van der Waals surface area contributed by atoms with E-state index in [4.69, 9.17) is 9.47 Å². The summed E-state index contributed by atoms with van der Waals surface area (Å²) in [5.74, 6) is 0. The maximum absolute atomic E-state index is 5.70. The van der Waals surface area contributed by atoms with Gasteiger partial charge in [0.1, 0.15) is 0 Å². The van der Waals surface area contributed by atoms with Crippen LogP contribution in [0.15, 0.2) is 30.3 Å². The number of epoxide rings is 1. The number of methoxy groups -OCH3 is 1. The second-order valence-corrected chi connectivity index (χ2v) is 5.29. The zero-order valence-electron chi connectivity index (χ0n) is 11.1. The van der Waals surface area contributed by atoms with Crippen LogP contribution in [0.3, 0.4) is 0 Å². The molecule has 3 nitrogen and oxygen atoms in total. The molecule has 18 heavy (non-hydrogen) atoms. The van der Waals surface area contributed by atoms with Crippen molar-refractivity contribution in [3.8, 4) is 0 Å². The van der Waals surface area contributed by atoms with Crippen molar-refractivity contribution in [1.82, 2.24) is 4.90 Å². The first kappa shape index (κ1) is 12.2. The predicted octanol–water partition coefficient (Wildman–Crippen LogP) is 2.24. The molecule has 2 heterocycles. The summed E-state index contributed by atoms with van der Waals surface area (Å²) in [7, 11) is 1.78. The van der Waals surface area contributed by atoms with Crippen LogP contribution in [-0.4, -0.2) is 43.4 Å². The highest BCUT2D eigenvalue weighted by Gasteiger charge is 2.49. The van der Waals surface area contributed by atoms with E-state index in [1.807, 2.05) is 0 Å². The zero-order valence-corrected chi connectivity index (χ0v) is 11.1. The van der Waals surface area contributed by atoms with Gasteiger partial charge in [-0.3, -0.25) is 4.90 Å². The van der Waals surface area contributed by atoms with Crippen LogP contribution in [0.25, 0.3) is 0 Å². The Morgan fingerprint density at radius 2 is 2.17 bits per heavy atom. The molecule has 4 atom stereocenters. The lowest BCUT2D eigenvalue weighted by Gasteiger charge is -2.37. The summed E-state index contributed by atoms with van der Waals surface area (Å²) >= 11 is 0. The lowest BCUT2D eigenvalue weighted by Crippen LogP contribution is -2.45. The number of hydrogen-bond acceptors (Lipinski definition) is 3. The van der Waals surface area contributed by atoms with Gasteiger partial charge < -0.3 is 9.47 Å². The molecule has 0 N–H and O–H groups in total. The fourth-order valence-corrected chi connectivity index (χ4v) is 3.14. The van der Waals surface area contributed by atoms with Gasteiger partial charge in [0, 0.05) is 19.7 Å². The monoisotopic (exact) mass is 247 g/mol. The van der Waals surface area contributed by atoms with E-state index in [0.29, 0.717) is 24.3 Å². The van der Waals surface area contributed by atoms with Crippen molar-refractivity contribution in [2.75, 3.05) is 20.3 Å². The minimum atomic E-state index is 0.344. The molecule has 0 amide bonds. The van der Waals surface area contributed by atoms with Gasteiger partial charge in [0.05, 0.1) is 24.9 Å². The topological polar surface area (TPSA) is 25.0 Å². The number of ether oxygens (including phenoxy) is 2. The molecule has 2 fully saturated rings. The summed E-state index contributed by atoms with van der Waals surface area (Å²) in [4.78, 5) is 2.53. The van der Waals surface area contributed by atoms with Crippen molar-refractivity contribution in [1.29, 1.82) is 0 Å². The maximum Gasteiger partial charge on any atom is 0.0994 e. The van der Waals surface area contributed by atoms with Crippen LogP contribution >= 0.6 is 0 Å². The molecule has 0 aliphatic carbocycles. The molecule has 0 bridgehead atoms. The van der Waals surface area contributed by atoms with E-state index in [1.54, 1.807) is 7.11 Å². The molecule has 1 aromatic carbocycles. The molecule has 3 rings (SSSR count). The van der Waals surface area contributed by atoms with Gasteiger partial charge in [-0.25, -0.2) is 0 Å². The van der Waals surface area contributed by atoms with Crippen LogP contribution in [0.1, 0.15) is 24.9 Å². The van der Waals surface area contributed by atoms with Gasteiger partial charge in [0.2, 0.25) is 0 Å². The lowest BCUT2D eigenvalue weighted by atomic mass is 9.97. The maximum atomic E-state index is 5.70. The SMILES string of the molecule is COC[C@@H](c1ccccc1)N1CC[C@@H]2O[C@@H]2[C@@H]1C. The van der Waals surface area contributed by atoms with E-state index in [9.17, 15) is 0 Å². The summed E-state index contributed by atoms with van der Waals surface area (Å²) in [6.07, 6.45) is 2.12.